The van der Waals surface area contributed by atoms with Gasteiger partial charge in [-0.05, 0) is 60.0 Å². The molecule has 9 rings (SSSR count). The molecule has 0 bridgehead atoms. The molecule has 0 saturated heterocycles. The van der Waals surface area contributed by atoms with Crippen molar-refractivity contribution in [2.45, 2.75) is 0 Å². The van der Waals surface area contributed by atoms with E-state index in [1.807, 2.05) is 61.4 Å². The first-order chi connectivity index (χ1) is 23.3. The summed E-state index contributed by atoms with van der Waals surface area (Å²) in [6, 6.07) is 38.0. The Labute approximate surface area is 270 Å². The molecule has 9 aromatic rings. The van der Waals surface area contributed by atoms with Crippen LogP contribution >= 0.6 is 0 Å². The minimum Gasteiger partial charge on any atom is -0.307 e. The number of fused-ring (bicyclic) bond motifs is 5. The second-order valence-electron chi connectivity index (χ2n) is 11.5. The summed E-state index contributed by atoms with van der Waals surface area (Å²) in [5.74, 6) is 0. The highest BCUT2D eigenvalue weighted by atomic mass is 15.0. The van der Waals surface area contributed by atoms with Gasteiger partial charge in [0.05, 0.1) is 34.3 Å². The lowest BCUT2D eigenvalue weighted by Gasteiger charge is -2.12. The second-order valence-corrected chi connectivity index (χ2v) is 11.5. The largest absolute Gasteiger partial charge is 0.307 e. The molecule has 6 heteroatoms. The van der Waals surface area contributed by atoms with Gasteiger partial charge in [0.1, 0.15) is 0 Å². The van der Waals surface area contributed by atoms with Gasteiger partial charge < -0.3 is 4.57 Å². The third kappa shape index (κ3) is 4.62. The molecule has 0 amide bonds. The molecule has 6 aromatic heterocycles. The van der Waals surface area contributed by atoms with Gasteiger partial charge in [-0.25, -0.2) is 0 Å². The van der Waals surface area contributed by atoms with Gasteiger partial charge in [-0.3, -0.25) is 24.9 Å². The van der Waals surface area contributed by atoms with Gasteiger partial charge in [-0.2, -0.15) is 0 Å². The molecule has 0 atom stereocenters. The monoisotopic (exact) mass is 602 g/mol. The van der Waals surface area contributed by atoms with E-state index < -0.39 is 0 Å². The fourth-order valence-corrected chi connectivity index (χ4v) is 6.53. The third-order valence-corrected chi connectivity index (χ3v) is 8.76. The second kappa shape index (κ2) is 11.1. The van der Waals surface area contributed by atoms with Crippen LogP contribution in [0.2, 0.25) is 0 Å². The average molecular weight is 603 g/mol. The maximum atomic E-state index is 4.97. The van der Waals surface area contributed by atoms with Crippen LogP contribution in [0.5, 0.6) is 0 Å². The SMILES string of the molecule is c1cncc(-c2ccc(-c3ccc4c(c3)c3cc(-c5ccc(-c6cccnc6)cn5)c5ccccc5c3n4-c3cccnc3)nc2)c1. The maximum Gasteiger partial charge on any atom is 0.0708 e. The van der Waals surface area contributed by atoms with Crippen molar-refractivity contribution in [2.24, 2.45) is 0 Å². The first kappa shape index (κ1) is 26.8. The fourth-order valence-electron chi connectivity index (χ4n) is 6.53. The van der Waals surface area contributed by atoms with Gasteiger partial charge in [-0.1, -0.05) is 54.6 Å². The zero-order valence-electron chi connectivity index (χ0n) is 25.2. The molecule has 3 aromatic carbocycles. The summed E-state index contributed by atoms with van der Waals surface area (Å²) in [6.07, 6.45) is 14.9. The first-order valence-electron chi connectivity index (χ1n) is 15.5. The van der Waals surface area contributed by atoms with Crippen molar-refractivity contribution in [1.29, 1.82) is 0 Å². The van der Waals surface area contributed by atoms with Crippen molar-refractivity contribution in [3.05, 3.63) is 159 Å². The van der Waals surface area contributed by atoms with Crippen LogP contribution in [0.25, 0.3) is 83.0 Å². The Bertz CT molecular complexity index is 2530. The van der Waals surface area contributed by atoms with Crippen molar-refractivity contribution in [1.82, 2.24) is 29.5 Å². The molecular formula is C41H26N6. The Hall–Kier alpha value is -6.53. The van der Waals surface area contributed by atoms with Crippen molar-refractivity contribution < 1.29 is 0 Å². The average Bonchev–Trinajstić information content (AvgIpc) is 3.49. The van der Waals surface area contributed by atoms with E-state index in [-0.39, 0.29) is 0 Å². The standard InChI is InChI=1S/C41H26N6/c1-2-10-34-33(9-1)35(39-15-12-31(25-46-39)29-7-4-18-43-23-29)21-37-36-20-27(38-14-11-30(24-45-38)28-6-3-17-42-22-28)13-16-40(36)47(41(34)37)32-8-5-19-44-26-32/h1-26H. The highest BCUT2D eigenvalue weighted by Gasteiger charge is 2.19. The number of hydrogen-bond donors (Lipinski definition) is 0. The Morgan fingerprint density at radius 3 is 1.64 bits per heavy atom. The molecule has 6 nitrogen and oxygen atoms in total. The van der Waals surface area contributed by atoms with Crippen molar-refractivity contribution >= 4 is 32.6 Å². The van der Waals surface area contributed by atoms with Crippen LogP contribution < -0.4 is 0 Å². The van der Waals surface area contributed by atoms with E-state index in [2.05, 4.69) is 104 Å². The van der Waals surface area contributed by atoms with E-state index in [0.29, 0.717) is 0 Å². The van der Waals surface area contributed by atoms with Crippen LogP contribution in [0, 0.1) is 0 Å². The zero-order chi connectivity index (χ0) is 31.2. The molecule has 47 heavy (non-hydrogen) atoms. The van der Waals surface area contributed by atoms with Crippen LogP contribution in [-0.2, 0) is 0 Å². The highest BCUT2D eigenvalue weighted by Crippen LogP contribution is 2.42. The third-order valence-electron chi connectivity index (χ3n) is 8.76. The van der Waals surface area contributed by atoms with Crippen molar-refractivity contribution in [2.75, 3.05) is 0 Å². The van der Waals surface area contributed by atoms with E-state index in [1.165, 1.54) is 0 Å². The Morgan fingerprint density at radius 2 is 1.02 bits per heavy atom. The molecule has 6 heterocycles. The fraction of sp³-hybridized carbons (Fsp3) is 0. The highest BCUT2D eigenvalue weighted by molar-refractivity contribution is 6.22. The summed E-state index contributed by atoms with van der Waals surface area (Å²) in [6.45, 7) is 0. The molecule has 0 spiro atoms. The van der Waals surface area contributed by atoms with Gasteiger partial charge >= 0.3 is 0 Å². The van der Waals surface area contributed by atoms with Gasteiger partial charge in [0.25, 0.3) is 0 Å². The molecule has 0 aliphatic carbocycles. The van der Waals surface area contributed by atoms with Gasteiger partial charge in [-0.15, -0.1) is 0 Å². The van der Waals surface area contributed by atoms with Crippen molar-refractivity contribution in [3.8, 4) is 50.5 Å². The predicted molar refractivity (Wildman–Crippen MR) is 189 cm³/mol. The minimum absolute atomic E-state index is 0.912. The van der Waals surface area contributed by atoms with Crippen LogP contribution in [0.15, 0.2) is 159 Å². The molecule has 220 valence electrons. The number of benzene rings is 3. The summed E-state index contributed by atoms with van der Waals surface area (Å²) in [7, 11) is 0. The zero-order valence-corrected chi connectivity index (χ0v) is 25.2. The van der Waals surface area contributed by atoms with Crippen LogP contribution in [0.3, 0.4) is 0 Å². The number of hydrogen-bond acceptors (Lipinski definition) is 5. The molecule has 0 fully saturated rings. The van der Waals surface area contributed by atoms with E-state index in [4.69, 9.17) is 9.97 Å². The van der Waals surface area contributed by atoms with Gasteiger partial charge in [0.2, 0.25) is 0 Å². The van der Waals surface area contributed by atoms with Crippen LogP contribution in [0.4, 0.5) is 0 Å². The summed E-state index contributed by atoms with van der Waals surface area (Å²) in [4.78, 5) is 22.9. The Balaban J connectivity index is 1.27. The molecule has 0 N–H and O–H groups in total. The molecule has 0 saturated carbocycles. The normalized spacial score (nSPS) is 11.4. The number of aromatic nitrogens is 6. The van der Waals surface area contributed by atoms with Crippen molar-refractivity contribution in [3.63, 3.8) is 0 Å². The summed E-state index contributed by atoms with van der Waals surface area (Å²) >= 11 is 0. The van der Waals surface area contributed by atoms with E-state index >= 15 is 0 Å². The van der Waals surface area contributed by atoms with E-state index in [1.54, 1.807) is 12.4 Å². The molecule has 0 unspecified atom stereocenters. The number of rotatable bonds is 5. The van der Waals surface area contributed by atoms with E-state index in [9.17, 15) is 0 Å². The predicted octanol–water partition coefficient (Wildman–Crippen LogP) is 9.58. The Morgan fingerprint density at radius 1 is 0.404 bits per heavy atom. The summed E-state index contributed by atoms with van der Waals surface area (Å²) < 4.78 is 2.32. The smallest absolute Gasteiger partial charge is 0.0708 e. The van der Waals surface area contributed by atoms with Gasteiger partial charge in [0.15, 0.2) is 0 Å². The van der Waals surface area contributed by atoms with Gasteiger partial charge in [0, 0.05) is 92.9 Å². The molecule has 0 radical (unpaired) electrons. The lowest BCUT2D eigenvalue weighted by molar-refractivity contribution is 1.14. The lowest BCUT2D eigenvalue weighted by Crippen LogP contribution is -1.95. The van der Waals surface area contributed by atoms with E-state index in [0.717, 1.165) is 83.0 Å². The molecule has 0 aliphatic heterocycles. The number of pyridine rings is 5. The number of nitrogens with zero attached hydrogens (tertiary/aromatic N) is 6. The minimum atomic E-state index is 0.912. The molecule has 0 aliphatic rings. The quantitative estimate of drug-likeness (QED) is 0.196. The maximum absolute atomic E-state index is 4.97. The topological polar surface area (TPSA) is 69.4 Å². The van der Waals surface area contributed by atoms with Crippen LogP contribution in [0.1, 0.15) is 0 Å². The summed E-state index contributed by atoms with van der Waals surface area (Å²) in [5, 5.41) is 4.57. The summed E-state index contributed by atoms with van der Waals surface area (Å²) in [5.41, 5.74) is 11.4. The first-order valence-corrected chi connectivity index (χ1v) is 15.5. The Kier molecular flexibility index (Phi) is 6.35. The molecular weight excluding hydrogens is 576 g/mol. The lowest BCUT2D eigenvalue weighted by atomic mass is 9.96. The van der Waals surface area contributed by atoms with Crippen LogP contribution in [-0.4, -0.2) is 29.5 Å².